The number of carbonyl (C=O) groups is 1. The molecule has 0 atom stereocenters. The predicted octanol–water partition coefficient (Wildman–Crippen LogP) is 2.78. The van der Waals surface area contributed by atoms with E-state index >= 15 is 0 Å². The molecule has 1 aliphatic rings. The largest absolute Gasteiger partial charge is 0.465 e. The molecule has 0 radical (unpaired) electrons. The van der Waals surface area contributed by atoms with Crippen LogP contribution in [0.3, 0.4) is 0 Å². The molecule has 0 amide bonds. The number of aromatic nitrogens is 1. The molecule has 0 aromatic carbocycles. The fourth-order valence-electron chi connectivity index (χ4n) is 2.52. The molecule has 0 N–H and O–H groups in total. The summed E-state index contributed by atoms with van der Waals surface area (Å²) in [6.07, 6.45) is 5.32. The molecule has 2 heterocycles. The smallest absolute Gasteiger partial charge is 0.341 e. The van der Waals surface area contributed by atoms with Crippen LogP contribution in [0.25, 0.3) is 0 Å². The van der Waals surface area contributed by atoms with E-state index in [1.807, 2.05) is 0 Å². The van der Waals surface area contributed by atoms with E-state index in [0.717, 1.165) is 0 Å². The number of alkyl halides is 2. The standard InChI is InChI=1S/C16H18F2N2O2/c1-4-12-10-13(15(21)22-3)14(19-11(12)2)20-8-5-6-16(17,18)7-9-20/h1,10H,5-9H2,2-3H3. The fourth-order valence-corrected chi connectivity index (χ4v) is 2.52. The highest BCUT2D eigenvalue weighted by Gasteiger charge is 2.33. The van der Waals surface area contributed by atoms with Gasteiger partial charge in [0, 0.05) is 31.5 Å². The van der Waals surface area contributed by atoms with Crippen molar-refractivity contribution in [2.24, 2.45) is 0 Å². The van der Waals surface area contributed by atoms with Gasteiger partial charge in [-0.2, -0.15) is 0 Å². The van der Waals surface area contributed by atoms with Crippen molar-refractivity contribution in [2.75, 3.05) is 25.1 Å². The molecule has 0 bridgehead atoms. The summed E-state index contributed by atoms with van der Waals surface area (Å²) < 4.78 is 31.8. The van der Waals surface area contributed by atoms with E-state index in [1.54, 1.807) is 11.8 Å². The van der Waals surface area contributed by atoms with Crippen molar-refractivity contribution >= 4 is 11.8 Å². The number of rotatable bonds is 2. The Morgan fingerprint density at radius 2 is 2.18 bits per heavy atom. The van der Waals surface area contributed by atoms with Crippen LogP contribution in [0.5, 0.6) is 0 Å². The quantitative estimate of drug-likeness (QED) is 0.622. The van der Waals surface area contributed by atoms with Crippen molar-refractivity contribution in [1.29, 1.82) is 0 Å². The number of pyridine rings is 1. The van der Waals surface area contributed by atoms with E-state index in [9.17, 15) is 13.6 Å². The fraction of sp³-hybridized carbons (Fsp3) is 0.500. The van der Waals surface area contributed by atoms with Gasteiger partial charge in [0.15, 0.2) is 0 Å². The van der Waals surface area contributed by atoms with Crippen LogP contribution in [0.15, 0.2) is 6.07 Å². The lowest BCUT2D eigenvalue weighted by Crippen LogP contribution is -2.29. The Morgan fingerprint density at radius 3 is 2.82 bits per heavy atom. The van der Waals surface area contributed by atoms with Crippen LogP contribution in [0.1, 0.15) is 40.9 Å². The van der Waals surface area contributed by atoms with E-state index in [4.69, 9.17) is 11.2 Å². The summed E-state index contributed by atoms with van der Waals surface area (Å²) in [6, 6.07) is 1.53. The zero-order valence-electron chi connectivity index (χ0n) is 12.7. The Balaban J connectivity index is 2.43. The lowest BCUT2D eigenvalue weighted by molar-refractivity contribution is -0.0102. The van der Waals surface area contributed by atoms with Crippen molar-refractivity contribution in [3.8, 4) is 12.3 Å². The average molecular weight is 308 g/mol. The topological polar surface area (TPSA) is 42.4 Å². The molecule has 6 heteroatoms. The molecule has 1 aromatic heterocycles. The minimum atomic E-state index is -2.67. The van der Waals surface area contributed by atoms with Crippen molar-refractivity contribution < 1.29 is 18.3 Å². The third kappa shape index (κ3) is 3.35. The first-order chi connectivity index (χ1) is 10.4. The predicted molar refractivity (Wildman–Crippen MR) is 79.3 cm³/mol. The molecule has 1 saturated heterocycles. The van der Waals surface area contributed by atoms with Gasteiger partial charge in [-0.15, -0.1) is 6.42 Å². The maximum absolute atomic E-state index is 13.5. The van der Waals surface area contributed by atoms with Crippen LogP contribution in [0.4, 0.5) is 14.6 Å². The van der Waals surface area contributed by atoms with Gasteiger partial charge in [-0.1, -0.05) is 5.92 Å². The molecule has 2 rings (SSSR count). The Morgan fingerprint density at radius 1 is 1.45 bits per heavy atom. The second-order valence-corrected chi connectivity index (χ2v) is 5.32. The Labute approximate surface area is 128 Å². The summed E-state index contributed by atoms with van der Waals surface area (Å²) >= 11 is 0. The van der Waals surface area contributed by atoms with Gasteiger partial charge in [0.2, 0.25) is 5.92 Å². The zero-order chi connectivity index (χ0) is 16.3. The number of nitrogens with zero attached hydrogens (tertiary/aromatic N) is 2. The van der Waals surface area contributed by atoms with Gasteiger partial charge in [0.1, 0.15) is 11.4 Å². The lowest BCUT2D eigenvalue weighted by atomic mass is 10.1. The number of aryl methyl sites for hydroxylation is 1. The highest BCUT2D eigenvalue weighted by molar-refractivity contribution is 5.95. The van der Waals surface area contributed by atoms with E-state index < -0.39 is 11.9 Å². The number of hydrogen-bond acceptors (Lipinski definition) is 4. The molecule has 1 aliphatic heterocycles. The normalized spacial score (nSPS) is 17.5. The second kappa shape index (κ2) is 6.30. The van der Waals surface area contributed by atoms with Gasteiger partial charge in [-0.3, -0.25) is 0 Å². The van der Waals surface area contributed by atoms with Crippen LogP contribution in [-0.4, -0.2) is 37.1 Å². The first kappa shape index (κ1) is 16.2. The second-order valence-electron chi connectivity index (χ2n) is 5.32. The van der Waals surface area contributed by atoms with Gasteiger partial charge in [0.25, 0.3) is 0 Å². The molecule has 4 nitrogen and oxygen atoms in total. The van der Waals surface area contributed by atoms with Gasteiger partial charge in [-0.05, 0) is 19.4 Å². The molecular weight excluding hydrogens is 290 g/mol. The van der Waals surface area contributed by atoms with Gasteiger partial charge >= 0.3 is 5.97 Å². The van der Waals surface area contributed by atoms with E-state index in [-0.39, 0.29) is 24.9 Å². The summed E-state index contributed by atoms with van der Waals surface area (Å²) in [4.78, 5) is 18.0. The third-order valence-electron chi connectivity index (χ3n) is 3.77. The molecule has 0 spiro atoms. The van der Waals surface area contributed by atoms with E-state index in [0.29, 0.717) is 30.0 Å². The summed E-state index contributed by atoms with van der Waals surface area (Å²) in [6.45, 7) is 2.28. The number of hydrogen-bond donors (Lipinski definition) is 0. The van der Waals surface area contributed by atoms with Crippen LogP contribution in [-0.2, 0) is 4.74 Å². The summed E-state index contributed by atoms with van der Waals surface area (Å²) in [5.41, 5.74) is 1.29. The van der Waals surface area contributed by atoms with Crippen LogP contribution in [0, 0.1) is 19.3 Å². The number of anilines is 1. The number of terminal acetylenes is 1. The maximum atomic E-state index is 13.5. The monoisotopic (exact) mass is 308 g/mol. The van der Waals surface area contributed by atoms with Gasteiger partial charge < -0.3 is 9.64 Å². The highest BCUT2D eigenvalue weighted by atomic mass is 19.3. The molecule has 0 unspecified atom stereocenters. The van der Waals surface area contributed by atoms with Crippen molar-refractivity contribution in [3.63, 3.8) is 0 Å². The summed E-state index contributed by atoms with van der Waals surface area (Å²) in [5, 5.41) is 0. The summed E-state index contributed by atoms with van der Waals surface area (Å²) in [7, 11) is 1.26. The molecule has 1 fully saturated rings. The van der Waals surface area contributed by atoms with Crippen LogP contribution >= 0.6 is 0 Å². The molecule has 1 aromatic rings. The Bertz CT molecular complexity index is 623. The first-order valence-corrected chi connectivity index (χ1v) is 7.07. The SMILES string of the molecule is C#Cc1cc(C(=O)OC)c(N2CCCC(F)(F)CC2)nc1C. The average Bonchev–Trinajstić information content (AvgIpc) is 2.67. The van der Waals surface area contributed by atoms with E-state index in [1.165, 1.54) is 13.2 Å². The van der Waals surface area contributed by atoms with Crippen LogP contribution < -0.4 is 4.90 Å². The molecule has 0 saturated carbocycles. The number of esters is 1. The lowest BCUT2D eigenvalue weighted by Gasteiger charge is -2.24. The Hall–Kier alpha value is -2.16. The number of ether oxygens (including phenoxy) is 1. The highest BCUT2D eigenvalue weighted by Crippen LogP contribution is 2.31. The maximum Gasteiger partial charge on any atom is 0.341 e. The molecular formula is C16H18F2N2O2. The van der Waals surface area contributed by atoms with Crippen LogP contribution in [0.2, 0.25) is 0 Å². The number of carbonyl (C=O) groups excluding carboxylic acids is 1. The zero-order valence-corrected chi connectivity index (χ0v) is 12.7. The van der Waals surface area contributed by atoms with E-state index in [2.05, 4.69) is 10.9 Å². The number of methoxy groups -OCH3 is 1. The Kier molecular flexibility index (Phi) is 4.65. The molecule has 118 valence electrons. The van der Waals surface area contributed by atoms with Crippen molar-refractivity contribution in [2.45, 2.75) is 32.1 Å². The number of halogens is 2. The molecule has 22 heavy (non-hydrogen) atoms. The first-order valence-electron chi connectivity index (χ1n) is 7.07. The van der Waals surface area contributed by atoms with Gasteiger partial charge in [0.05, 0.1) is 12.8 Å². The minimum Gasteiger partial charge on any atom is -0.465 e. The molecule has 0 aliphatic carbocycles. The van der Waals surface area contributed by atoms with Crippen molar-refractivity contribution in [3.05, 3.63) is 22.9 Å². The van der Waals surface area contributed by atoms with Gasteiger partial charge in [-0.25, -0.2) is 18.6 Å². The third-order valence-corrected chi connectivity index (χ3v) is 3.77. The minimum absolute atomic E-state index is 0.138. The summed E-state index contributed by atoms with van der Waals surface area (Å²) in [5.74, 6) is -0.423. The van der Waals surface area contributed by atoms with Crippen molar-refractivity contribution in [1.82, 2.24) is 4.98 Å².